The number of nitrogens with zero attached hydrogens (tertiary/aromatic N) is 2. The van der Waals surface area contributed by atoms with Gasteiger partial charge in [-0.15, -0.1) is 0 Å². The summed E-state index contributed by atoms with van der Waals surface area (Å²) in [6.07, 6.45) is 3.54. The second-order valence-electron chi connectivity index (χ2n) is 5.52. The van der Waals surface area contributed by atoms with Gasteiger partial charge < -0.3 is 14.9 Å². The van der Waals surface area contributed by atoms with Crippen LogP contribution in [0.2, 0.25) is 0 Å². The highest BCUT2D eigenvalue weighted by atomic mass is 16.6. The van der Waals surface area contributed by atoms with Crippen LogP contribution in [-0.4, -0.2) is 27.2 Å². The topological polar surface area (TPSA) is 106 Å². The predicted octanol–water partition coefficient (Wildman–Crippen LogP) is 3.49. The number of aliphatic hydroxyl groups is 2. The first-order valence-electron chi connectivity index (χ1n) is 8.47. The fraction of sp³-hybridized carbons (Fsp3) is 0.190. The molecule has 7 heteroatoms. The molecule has 0 amide bonds. The van der Waals surface area contributed by atoms with Crippen molar-refractivity contribution >= 4 is 5.69 Å². The first-order valence-corrected chi connectivity index (χ1v) is 8.47. The van der Waals surface area contributed by atoms with Gasteiger partial charge in [-0.2, -0.15) is 0 Å². The van der Waals surface area contributed by atoms with Gasteiger partial charge in [0.15, 0.2) is 0 Å². The average Bonchev–Trinajstić information content (AvgIpc) is 2.76. The van der Waals surface area contributed by atoms with E-state index in [1.807, 2.05) is 42.5 Å². The van der Waals surface area contributed by atoms with Crippen molar-refractivity contribution in [3.05, 3.63) is 106 Å². The van der Waals surface area contributed by atoms with Gasteiger partial charge in [-0.3, -0.25) is 15.1 Å². The van der Waals surface area contributed by atoms with Crippen molar-refractivity contribution < 1.29 is 19.9 Å². The fourth-order valence-corrected chi connectivity index (χ4v) is 1.96. The van der Waals surface area contributed by atoms with E-state index in [-0.39, 0.29) is 18.9 Å². The number of rotatable bonds is 5. The van der Waals surface area contributed by atoms with Gasteiger partial charge in [-0.25, -0.2) is 0 Å². The summed E-state index contributed by atoms with van der Waals surface area (Å²) in [5, 5.41) is 27.3. The van der Waals surface area contributed by atoms with Gasteiger partial charge in [-0.1, -0.05) is 36.4 Å². The third-order valence-corrected chi connectivity index (χ3v) is 3.39. The quantitative estimate of drug-likeness (QED) is 0.515. The number of aliphatic hydroxyl groups excluding tert-OH is 2. The van der Waals surface area contributed by atoms with Crippen molar-refractivity contribution in [2.45, 2.75) is 19.8 Å². The maximum Gasteiger partial charge on any atom is 0.269 e. The van der Waals surface area contributed by atoms with Crippen LogP contribution in [0, 0.1) is 10.1 Å². The van der Waals surface area contributed by atoms with Crippen LogP contribution in [0.15, 0.2) is 79.1 Å². The Bertz CT molecular complexity index is 781. The summed E-state index contributed by atoms with van der Waals surface area (Å²) >= 11 is 0. The van der Waals surface area contributed by atoms with Crippen LogP contribution in [0.3, 0.4) is 0 Å². The Morgan fingerprint density at radius 3 is 1.89 bits per heavy atom. The standard InChI is InChI=1S/C7H7NO3.C7H9NO.C7H8O/c9-5-6-1-3-7(4-2-6)8(10)11;1-9-6-7-3-2-4-8-5-7;8-6-7-4-2-1-3-5-7/h1-4,9H,5H2;2-5H,6H2,1H3;1-5,8H,6H2. The molecule has 0 aliphatic heterocycles. The van der Waals surface area contributed by atoms with Crippen LogP contribution < -0.4 is 0 Å². The molecule has 7 nitrogen and oxygen atoms in total. The van der Waals surface area contributed by atoms with Gasteiger partial charge in [0.2, 0.25) is 0 Å². The first kappa shape index (κ1) is 22.9. The molecule has 1 aromatic heterocycles. The molecular weight excluding hydrogens is 360 g/mol. The Morgan fingerprint density at radius 2 is 1.46 bits per heavy atom. The summed E-state index contributed by atoms with van der Waals surface area (Å²) in [4.78, 5) is 13.6. The fourth-order valence-electron chi connectivity index (χ4n) is 1.96. The minimum atomic E-state index is -0.471. The maximum atomic E-state index is 10.1. The highest BCUT2D eigenvalue weighted by Crippen LogP contribution is 2.11. The third kappa shape index (κ3) is 9.54. The minimum absolute atomic E-state index is 0.0437. The molecule has 0 fully saturated rings. The summed E-state index contributed by atoms with van der Waals surface area (Å²) in [5.74, 6) is 0. The maximum absolute atomic E-state index is 10.1. The zero-order valence-electron chi connectivity index (χ0n) is 15.6. The van der Waals surface area contributed by atoms with Gasteiger partial charge in [0.05, 0.1) is 24.7 Å². The summed E-state index contributed by atoms with van der Waals surface area (Å²) in [6.45, 7) is 0.701. The lowest BCUT2D eigenvalue weighted by Crippen LogP contribution is -1.88. The number of nitro benzene ring substituents is 1. The number of methoxy groups -OCH3 is 1. The van der Waals surface area contributed by atoms with Gasteiger partial charge >= 0.3 is 0 Å². The Morgan fingerprint density at radius 1 is 0.893 bits per heavy atom. The molecule has 28 heavy (non-hydrogen) atoms. The van der Waals surface area contributed by atoms with Crippen molar-refractivity contribution in [1.29, 1.82) is 0 Å². The molecule has 0 radical (unpaired) electrons. The van der Waals surface area contributed by atoms with E-state index in [0.717, 1.165) is 11.1 Å². The highest BCUT2D eigenvalue weighted by molar-refractivity contribution is 5.32. The number of hydrogen-bond acceptors (Lipinski definition) is 6. The zero-order valence-corrected chi connectivity index (χ0v) is 15.6. The SMILES string of the molecule is COCc1cccnc1.O=[N+]([O-])c1ccc(CO)cc1.OCc1ccccc1. The van der Waals surface area contributed by atoms with E-state index in [2.05, 4.69) is 4.98 Å². The highest BCUT2D eigenvalue weighted by Gasteiger charge is 2.02. The van der Waals surface area contributed by atoms with Crippen molar-refractivity contribution in [1.82, 2.24) is 4.98 Å². The molecule has 2 aromatic carbocycles. The minimum Gasteiger partial charge on any atom is -0.392 e. The number of hydrogen-bond donors (Lipinski definition) is 2. The summed E-state index contributed by atoms with van der Waals surface area (Å²) in [5.41, 5.74) is 2.80. The van der Waals surface area contributed by atoms with Gasteiger partial charge in [0, 0.05) is 31.6 Å². The number of nitro groups is 1. The Hall–Kier alpha value is -3.13. The molecule has 0 saturated heterocycles. The normalized spacial score (nSPS) is 9.39. The largest absolute Gasteiger partial charge is 0.392 e. The van der Waals surface area contributed by atoms with Crippen LogP contribution in [0.5, 0.6) is 0 Å². The molecule has 1 heterocycles. The van der Waals surface area contributed by atoms with Crippen molar-refractivity contribution in [3.8, 4) is 0 Å². The predicted molar refractivity (Wildman–Crippen MR) is 106 cm³/mol. The monoisotopic (exact) mass is 384 g/mol. The lowest BCUT2D eigenvalue weighted by molar-refractivity contribution is -0.384. The van der Waals surface area contributed by atoms with Crippen molar-refractivity contribution in [2.24, 2.45) is 0 Å². The van der Waals surface area contributed by atoms with Gasteiger partial charge in [0.25, 0.3) is 5.69 Å². The van der Waals surface area contributed by atoms with Crippen molar-refractivity contribution in [2.75, 3.05) is 7.11 Å². The second-order valence-corrected chi connectivity index (χ2v) is 5.52. The number of aromatic nitrogens is 1. The van der Waals surface area contributed by atoms with E-state index < -0.39 is 4.92 Å². The van der Waals surface area contributed by atoms with Crippen LogP contribution in [0.1, 0.15) is 16.7 Å². The molecule has 148 valence electrons. The number of benzene rings is 2. The van der Waals surface area contributed by atoms with E-state index in [1.165, 1.54) is 24.3 Å². The summed E-state index contributed by atoms with van der Waals surface area (Å²) < 4.78 is 4.89. The molecule has 0 bridgehead atoms. The molecule has 0 unspecified atom stereocenters. The molecule has 0 aliphatic carbocycles. The van der Waals surface area contributed by atoms with E-state index in [1.54, 1.807) is 19.5 Å². The van der Waals surface area contributed by atoms with E-state index in [4.69, 9.17) is 14.9 Å². The Kier molecular flexibility index (Phi) is 11.4. The van der Waals surface area contributed by atoms with E-state index in [0.29, 0.717) is 12.2 Å². The second kappa shape index (κ2) is 14.0. The molecule has 2 N–H and O–H groups in total. The molecule has 3 rings (SSSR count). The van der Waals surface area contributed by atoms with Crippen LogP contribution in [0.25, 0.3) is 0 Å². The van der Waals surface area contributed by atoms with Crippen LogP contribution in [0.4, 0.5) is 5.69 Å². The van der Waals surface area contributed by atoms with Gasteiger partial charge in [-0.05, 0) is 34.9 Å². The Balaban J connectivity index is 0.000000213. The number of ether oxygens (including phenoxy) is 1. The van der Waals surface area contributed by atoms with Gasteiger partial charge in [0.1, 0.15) is 0 Å². The Labute approximate surface area is 164 Å². The lowest BCUT2D eigenvalue weighted by atomic mass is 10.2. The summed E-state index contributed by atoms with van der Waals surface area (Å²) in [6, 6.07) is 19.2. The van der Waals surface area contributed by atoms with Crippen molar-refractivity contribution in [3.63, 3.8) is 0 Å². The molecule has 0 spiro atoms. The van der Waals surface area contributed by atoms with E-state index >= 15 is 0 Å². The lowest BCUT2D eigenvalue weighted by Gasteiger charge is -1.94. The summed E-state index contributed by atoms with van der Waals surface area (Å²) in [7, 11) is 1.67. The third-order valence-electron chi connectivity index (χ3n) is 3.39. The van der Waals surface area contributed by atoms with Crippen LogP contribution in [-0.2, 0) is 24.6 Å². The molecule has 3 aromatic rings. The zero-order chi connectivity index (χ0) is 20.6. The first-order chi connectivity index (χ1) is 13.6. The average molecular weight is 384 g/mol. The number of non-ortho nitro benzene ring substituents is 1. The molecule has 0 aliphatic rings. The van der Waals surface area contributed by atoms with Crippen LogP contribution >= 0.6 is 0 Å². The smallest absolute Gasteiger partial charge is 0.269 e. The molecular formula is C21H24N2O5. The number of pyridine rings is 1. The molecule has 0 atom stereocenters. The van der Waals surface area contributed by atoms with E-state index in [9.17, 15) is 10.1 Å². The molecule has 0 saturated carbocycles.